The summed E-state index contributed by atoms with van der Waals surface area (Å²) in [5.41, 5.74) is 1.39. The van der Waals surface area contributed by atoms with E-state index in [1.807, 2.05) is 0 Å². The van der Waals surface area contributed by atoms with Gasteiger partial charge >= 0.3 is 0 Å². The number of rotatable bonds is 1. The molecule has 2 heteroatoms. The van der Waals surface area contributed by atoms with Gasteiger partial charge < -0.3 is 0 Å². The Labute approximate surface area is 69.9 Å². The molecule has 2 heterocycles. The van der Waals surface area contributed by atoms with Gasteiger partial charge in [-0.1, -0.05) is 18.3 Å². The maximum Gasteiger partial charge on any atom is 0.267 e. The van der Waals surface area contributed by atoms with Gasteiger partial charge in [-0.2, -0.15) is 4.40 Å². The van der Waals surface area contributed by atoms with Gasteiger partial charge in [0.25, 0.3) is 4.83 Å². The first-order valence-electron chi connectivity index (χ1n) is 3.78. The minimum Gasteiger partial charge on any atom is -0.155 e. The van der Waals surface area contributed by atoms with Crippen molar-refractivity contribution < 1.29 is 4.40 Å². The zero-order chi connectivity index (χ0) is 7.68. The number of thiazole rings is 1. The fourth-order valence-corrected chi connectivity index (χ4v) is 2.19. The molecule has 0 saturated carbocycles. The van der Waals surface area contributed by atoms with Crippen LogP contribution < -0.4 is 4.40 Å². The van der Waals surface area contributed by atoms with Gasteiger partial charge in [-0.3, -0.25) is 0 Å². The summed E-state index contributed by atoms with van der Waals surface area (Å²) < 4.78 is 2.24. The van der Waals surface area contributed by atoms with Crippen molar-refractivity contribution in [3.8, 4) is 0 Å². The third kappa shape index (κ3) is 1.03. The minimum atomic E-state index is 1.11. The van der Waals surface area contributed by atoms with Crippen molar-refractivity contribution in [2.45, 2.75) is 13.3 Å². The highest BCUT2D eigenvalue weighted by Gasteiger charge is 2.08. The van der Waals surface area contributed by atoms with Gasteiger partial charge in [0, 0.05) is 18.6 Å². The van der Waals surface area contributed by atoms with Gasteiger partial charge in [0.1, 0.15) is 0 Å². The number of hydrogen-bond donors (Lipinski definition) is 0. The SMILES string of the molecule is CCc1csc2cccc[n+]12. The molecule has 56 valence electrons. The zero-order valence-electron chi connectivity index (χ0n) is 6.45. The lowest BCUT2D eigenvalue weighted by molar-refractivity contribution is -0.517. The Bertz CT molecular complexity index is 364. The van der Waals surface area contributed by atoms with E-state index in [0.29, 0.717) is 0 Å². The molecule has 0 fully saturated rings. The molecule has 0 amide bonds. The van der Waals surface area contributed by atoms with Crippen molar-refractivity contribution in [1.29, 1.82) is 0 Å². The predicted molar refractivity (Wildman–Crippen MR) is 46.9 cm³/mol. The van der Waals surface area contributed by atoms with Crippen LogP contribution >= 0.6 is 11.3 Å². The largest absolute Gasteiger partial charge is 0.267 e. The van der Waals surface area contributed by atoms with Crippen LogP contribution in [0.4, 0.5) is 0 Å². The van der Waals surface area contributed by atoms with Crippen LogP contribution in [0.2, 0.25) is 0 Å². The maximum atomic E-state index is 2.24. The third-order valence-corrected chi connectivity index (χ3v) is 2.77. The van der Waals surface area contributed by atoms with Crippen molar-refractivity contribution in [1.82, 2.24) is 0 Å². The van der Waals surface area contributed by atoms with E-state index in [1.54, 1.807) is 11.3 Å². The van der Waals surface area contributed by atoms with E-state index in [-0.39, 0.29) is 0 Å². The van der Waals surface area contributed by atoms with E-state index in [1.165, 1.54) is 10.5 Å². The molecule has 0 aliphatic heterocycles. The second-order valence-electron chi connectivity index (χ2n) is 2.49. The van der Waals surface area contributed by atoms with Crippen LogP contribution in [0, 0.1) is 0 Å². The lowest BCUT2D eigenvalue weighted by Crippen LogP contribution is -2.22. The first-order chi connectivity index (χ1) is 5.42. The molecule has 0 aromatic carbocycles. The average molecular weight is 164 g/mol. The van der Waals surface area contributed by atoms with Gasteiger partial charge in [0.15, 0.2) is 11.9 Å². The smallest absolute Gasteiger partial charge is 0.155 e. The van der Waals surface area contributed by atoms with Crippen LogP contribution in [0.15, 0.2) is 29.8 Å². The molecule has 0 aliphatic carbocycles. The number of hydrogen-bond acceptors (Lipinski definition) is 1. The highest BCUT2D eigenvalue weighted by Crippen LogP contribution is 2.08. The number of nitrogens with zero attached hydrogens (tertiary/aromatic N) is 1. The van der Waals surface area contributed by atoms with E-state index in [0.717, 1.165) is 6.42 Å². The molecule has 0 N–H and O–H groups in total. The number of fused-ring (bicyclic) bond motifs is 1. The minimum absolute atomic E-state index is 1.11. The summed E-state index contributed by atoms with van der Waals surface area (Å²) in [6, 6.07) is 6.29. The first-order valence-corrected chi connectivity index (χ1v) is 4.66. The summed E-state index contributed by atoms with van der Waals surface area (Å²) >= 11 is 1.80. The summed E-state index contributed by atoms with van der Waals surface area (Å²) in [6.45, 7) is 2.18. The zero-order valence-corrected chi connectivity index (χ0v) is 7.27. The molecule has 0 radical (unpaired) electrons. The lowest BCUT2D eigenvalue weighted by atomic mass is 10.4. The van der Waals surface area contributed by atoms with Crippen LogP contribution in [0.25, 0.3) is 4.83 Å². The Morgan fingerprint density at radius 1 is 1.45 bits per heavy atom. The highest BCUT2D eigenvalue weighted by atomic mass is 32.1. The molecule has 2 aromatic rings. The molecule has 0 atom stereocenters. The second kappa shape index (κ2) is 2.62. The Kier molecular flexibility index (Phi) is 1.62. The van der Waals surface area contributed by atoms with Crippen molar-refractivity contribution in [2.24, 2.45) is 0 Å². The number of pyridine rings is 1. The van der Waals surface area contributed by atoms with E-state index < -0.39 is 0 Å². The molecule has 2 rings (SSSR count). The van der Waals surface area contributed by atoms with Crippen molar-refractivity contribution in [2.75, 3.05) is 0 Å². The van der Waals surface area contributed by atoms with Crippen LogP contribution in [0.5, 0.6) is 0 Å². The summed E-state index contributed by atoms with van der Waals surface area (Å²) in [7, 11) is 0. The normalized spacial score (nSPS) is 10.6. The topological polar surface area (TPSA) is 4.10 Å². The third-order valence-electron chi connectivity index (χ3n) is 1.81. The van der Waals surface area contributed by atoms with Gasteiger partial charge in [-0.15, -0.1) is 0 Å². The highest BCUT2D eigenvalue weighted by molar-refractivity contribution is 7.15. The van der Waals surface area contributed by atoms with E-state index in [4.69, 9.17) is 0 Å². The summed E-state index contributed by atoms with van der Waals surface area (Å²) in [4.78, 5) is 1.32. The standard InChI is InChI=1S/C9H10NS/c1-2-8-7-11-9-5-3-4-6-10(8)9/h3-7H,2H2,1H3/q+1. The monoisotopic (exact) mass is 164 g/mol. The Morgan fingerprint density at radius 2 is 2.36 bits per heavy atom. The van der Waals surface area contributed by atoms with Gasteiger partial charge in [0.05, 0.1) is 5.38 Å². The van der Waals surface area contributed by atoms with Crippen LogP contribution in [-0.4, -0.2) is 0 Å². The molecule has 0 saturated heterocycles. The summed E-state index contributed by atoms with van der Waals surface area (Å²) in [5.74, 6) is 0. The van der Waals surface area contributed by atoms with Crippen LogP contribution in [-0.2, 0) is 6.42 Å². The number of aromatic nitrogens is 1. The quantitative estimate of drug-likeness (QED) is 0.568. The van der Waals surface area contributed by atoms with Gasteiger partial charge in [-0.25, -0.2) is 0 Å². The fraction of sp³-hybridized carbons (Fsp3) is 0.222. The molecular formula is C9H10NS+. The number of aryl methyl sites for hydroxylation is 1. The Balaban J connectivity index is 2.76. The van der Waals surface area contributed by atoms with Crippen molar-refractivity contribution >= 4 is 16.2 Å². The molecule has 0 bridgehead atoms. The average Bonchev–Trinajstić information content (AvgIpc) is 2.47. The Hall–Kier alpha value is -0.890. The van der Waals surface area contributed by atoms with Crippen LogP contribution in [0.1, 0.15) is 12.6 Å². The van der Waals surface area contributed by atoms with Crippen LogP contribution in [0.3, 0.4) is 0 Å². The summed E-state index contributed by atoms with van der Waals surface area (Å²) in [6.07, 6.45) is 3.22. The summed E-state index contributed by atoms with van der Waals surface area (Å²) in [5, 5.41) is 2.22. The molecule has 0 aliphatic rings. The Morgan fingerprint density at radius 3 is 3.18 bits per heavy atom. The maximum absolute atomic E-state index is 2.24. The van der Waals surface area contributed by atoms with Gasteiger partial charge in [0.2, 0.25) is 0 Å². The van der Waals surface area contributed by atoms with Crippen molar-refractivity contribution in [3.63, 3.8) is 0 Å². The van der Waals surface area contributed by atoms with E-state index in [2.05, 4.69) is 41.1 Å². The molecule has 2 aromatic heterocycles. The molecule has 0 unspecified atom stereocenters. The van der Waals surface area contributed by atoms with E-state index >= 15 is 0 Å². The van der Waals surface area contributed by atoms with E-state index in [9.17, 15) is 0 Å². The second-order valence-corrected chi connectivity index (χ2v) is 3.38. The lowest BCUT2D eigenvalue weighted by Gasteiger charge is -1.83. The fourth-order valence-electron chi connectivity index (χ4n) is 1.20. The predicted octanol–water partition coefficient (Wildman–Crippen LogP) is 2.05. The molecule has 11 heavy (non-hydrogen) atoms. The molecule has 1 nitrogen and oxygen atoms in total. The molecular weight excluding hydrogens is 154 g/mol. The molecule has 0 spiro atoms. The van der Waals surface area contributed by atoms with Gasteiger partial charge in [-0.05, 0) is 6.07 Å². The van der Waals surface area contributed by atoms with Crippen molar-refractivity contribution in [3.05, 3.63) is 35.5 Å². The first kappa shape index (κ1) is 6.80.